The molecule has 0 amide bonds. The van der Waals surface area contributed by atoms with E-state index in [1.165, 1.54) is 18.2 Å². The number of aromatic carboxylic acids is 1. The van der Waals surface area contributed by atoms with Crippen molar-refractivity contribution in [2.75, 3.05) is 12.8 Å². The lowest BCUT2D eigenvalue weighted by molar-refractivity contribution is 0.0697. The third kappa shape index (κ3) is 2.95. The van der Waals surface area contributed by atoms with E-state index in [-0.39, 0.29) is 11.3 Å². The van der Waals surface area contributed by atoms with Gasteiger partial charge in [-0.15, -0.1) is 0 Å². The fourth-order valence-electron chi connectivity index (χ4n) is 1.55. The van der Waals surface area contributed by atoms with Crippen molar-refractivity contribution in [1.82, 2.24) is 0 Å². The summed E-state index contributed by atoms with van der Waals surface area (Å²) < 4.78 is 10.6. The number of carboxylic acid groups (broad SMARTS) is 1. The van der Waals surface area contributed by atoms with Crippen LogP contribution in [-0.2, 0) is 0 Å². The Morgan fingerprint density at radius 2 is 1.74 bits per heavy atom. The predicted molar refractivity (Wildman–Crippen MR) is 70.9 cm³/mol. The van der Waals surface area contributed by atoms with Gasteiger partial charge in [0.1, 0.15) is 17.2 Å². The quantitative estimate of drug-likeness (QED) is 0.825. The zero-order valence-corrected chi connectivity index (χ0v) is 10.3. The van der Waals surface area contributed by atoms with Gasteiger partial charge < -0.3 is 20.3 Å². The van der Waals surface area contributed by atoms with Crippen LogP contribution in [0.25, 0.3) is 0 Å². The largest absolute Gasteiger partial charge is 0.497 e. The molecule has 5 nitrogen and oxygen atoms in total. The Morgan fingerprint density at radius 1 is 1.11 bits per heavy atom. The summed E-state index contributed by atoms with van der Waals surface area (Å²) in [4.78, 5) is 10.8. The molecule has 0 saturated carbocycles. The molecule has 0 radical (unpaired) electrons. The number of rotatable bonds is 4. The molecule has 2 aromatic carbocycles. The Bertz CT molecular complexity index is 593. The van der Waals surface area contributed by atoms with E-state index in [0.717, 1.165) is 5.75 Å². The van der Waals surface area contributed by atoms with E-state index < -0.39 is 5.97 Å². The zero-order chi connectivity index (χ0) is 13.8. The van der Waals surface area contributed by atoms with Gasteiger partial charge in [0.05, 0.1) is 18.4 Å². The number of carbonyl (C=O) groups is 1. The van der Waals surface area contributed by atoms with Crippen molar-refractivity contribution in [1.29, 1.82) is 0 Å². The number of methoxy groups -OCH3 is 1. The molecule has 0 spiro atoms. The minimum absolute atomic E-state index is 0.125. The molecule has 3 N–H and O–H groups in total. The summed E-state index contributed by atoms with van der Waals surface area (Å²) in [6.45, 7) is 0. The Balaban J connectivity index is 2.20. The molecular weight excluding hydrogens is 246 g/mol. The topological polar surface area (TPSA) is 81.8 Å². The van der Waals surface area contributed by atoms with Gasteiger partial charge in [0.2, 0.25) is 0 Å². The van der Waals surface area contributed by atoms with Gasteiger partial charge in [-0.25, -0.2) is 4.79 Å². The summed E-state index contributed by atoms with van der Waals surface area (Å²) in [6.07, 6.45) is 0. The molecule has 0 heterocycles. The van der Waals surface area contributed by atoms with Crippen LogP contribution >= 0.6 is 0 Å². The molecule has 0 bridgehead atoms. The van der Waals surface area contributed by atoms with E-state index in [4.69, 9.17) is 20.3 Å². The molecule has 0 fully saturated rings. The molecule has 0 aliphatic rings. The van der Waals surface area contributed by atoms with Crippen LogP contribution in [0.1, 0.15) is 10.4 Å². The first kappa shape index (κ1) is 12.8. The highest BCUT2D eigenvalue weighted by Crippen LogP contribution is 2.29. The van der Waals surface area contributed by atoms with Gasteiger partial charge in [-0.2, -0.15) is 0 Å². The van der Waals surface area contributed by atoms with E-state index in [9.17, 15) is 4.79 Å². The first-order valence-electron chi connectivity index (χ1n) is 5.55. The molecule has 0 aromatic heterocycles. The highest BCUT2D eigenvalue weighted by atomic mass is 16.5. The van der Waals surface area contributed by atoms with E-state index in [1.807, 2.05) is 0 Å². The van der Waals surface area contributed by atoms with Crippen LogP contribution in [0.5, 0.6) is 17.2 Å². The summed E-state index contributed by atoms with van der Waals surface area (Å²) in [5.74, 6) is 0.704. The molecule has 0 aliphatic heterocycles. The zero-order valence-electron chi connectivity index (χ0n) is 10.3. The number of nitrogens with two attached hydrogens (primary N) is 1. The number of nitrogen functional groups attached to an aromatic ring is 1. The van der Waals surface area contributed by atoms with E-state index in [2.05, 4.69) is 0 Å². The number of ether oxygens (including phenoxy) is 2. The minimum atomic E-state index is -1.03. The Labute approximate surface area is 110 Å². The maximum atomic E-state index is 10.8. The molecule has 19 heavy (non-hydrogen) atoms. The maximum absolute atomic E-state index is 10.8. The first-order valence-corrected chi connectivity index (χ1v) is 5.55. The highest BCUT2D eigenvalue weighted by Gasteiger charge is 2.08. The smallest absolute Gasteiger partial charge is 0.335 e. The van der Waals surface area contributed by atoms with Crippen molar-refractivity contribution in [3.8, 4) is 17.2 Å². The average molecular weight is 259 g/mol. The van der Waals surface area contributed by atoms with E-state index >= 15 is 0 Å². The third-order valence-corrected chi connectivity index (χ3v) is 2.54. The molecule has 0 unspecified atom stereocenters. The summed E-state index contributed by atoms with van der Waals surface area (Å²) in [5, 5.41) is 8.84. The van der Waals surface area contributed by atoms with Crippen LogP contribution < -0.4 is 15.2 Å². The summed E-state index contributed by atoms with van der Waals surface area (Å²) in [7, 11) is 1.58. The Kier molecular flexibility index (Phi) is 3.56. The van der Waals surface area contributed by atoms with Crippen molar-refractivity contribution in [3.05, 3.63) is 48.0 Å². The molecule has 5 heteroatoms. The normalized spacial score (nSPS) is 9.95. The van der Waals surface area contributed by atoms with Crippen LogP contribution in [0.15, 0.2) is 42.5 Å². The summed E-state index contributed by atoms with van der Waals surface area (Å²) in [6, 6.07) is 11.3. The van der Waals surface area contributed by atoms with Gasteiger partial charge in [-0.3, -0.25) is 0 Å². The fourth-order valence-corrected chi connectivity index (χ4v) is 1.55. The van der Waals surface area contributed by atoms with Crippen molar-refractivity contribution in [2.45, 2.75) is 0 Å². The third-order valence-electron chi connectivity index (χ3n) is 2.54. The Hall–Kier alpha value is -2.69. The first-order chi connectivity index (χ1) is 9.10. The number of hydrogen-bond acceptors (Lipinski definition) is 4. The van der Waals surface area contributed by atoms with E-state index in [1.54, 1.807) is 31.4 Å². The van der Waals surface area contributed by atoms with Crippen molar-refractivity contribution in [3.63, 3.8) is 0 Å². The lowest BCUT2D eigenvalue weighted by Gasteiger charge is -2.09. The summed E-state index contributed by atoms with van der Waals surface area (Å²) in [5.41, 5.74) is 6.15. The number of carboxylic acids is 1. The number of anilines is 1. The van der Waals surface area contributed by atoms with Crippen LogP contribution in [0.2, 0.25) is 0 Å². The van der Waals surface area contributed by atoms with Gasteiger partial charge >= 0.3 is 5.97 Å². The Morgan fingerprint density at radius 3 is 2.26 bits per heavy atom. The predicted octanol–water partition coefficient (Wildman–Crippen LogP) is 2.77. The second-order valence-electron chi connectivity index (χ2n) is 3.84. The van der Waals surface area contributed by atoms with Gasteiger partial charge in [-0.05, 0) is 42.5 Å². The number of benzene rings is 2. The van der Waals surface area contributed by atoms with E-state index in [0.29, 0.717) is 11.5 Å². The molecule has 2 aromatic rings. The highest BCUT2D eigenvalue weighted by molar-refractivity contribution is 5.89. The SMILES string of the molecule is COc1ccc(Oc2ccc(C(=O)O)cc2N)cc1. The molecule has 98 valence electrons. The van der Waals surface area contributed by atoms with Crippen molar-refractivity contribution in [2.24, 2.45) is 0 Å². The molecule has 0 saturated heterocycles. The minimum Gasteiger partial charge on any atom is -0.497 e. The van der Waals surface area contributed by atoms with Gasteiger partial charge in [0, 0.05) is 0 Å². The lowest BCUT2D eigenvalue weighted by atomic mass is 10.2. The standard InChI is InChI=1S/C14H13NO4/c1-18-10-3-5-11(6-4-10)19-13-7-2-9(14(16)17)8-12(13)15/h2-8H,15H2,1H3,(H,16,17). The lowest BCUT2D eigenvalue weighted by Crippen LogP contribution is -1.99. The summed E-state index contributed by atoms with van der Waals surface area (Å²) >= 11 is 0. The van der Waals surface area contributed by atoms with Crippen molar-refractivity contribution >= 4 is 11.7 Å². The van der Waals surface area contributed by atoms with Gasteiger partial charge in [0.25, 0.3) is 0 Å². The molecule has 2 rings (SSSR count). The second kappa shape index (κ2) is 5.30. The van der Waals surface area contributed by atoms with Crippen molar-refractivity contribution < 1.29 is 19.4 Å². The molecular formula is C14H13NO4. The monoisotopic (exact) mass is 259 g/mol. The number of hydrogen-bond donors (Lipinski definition) is 2. The molecule has 0 aliphatic carbocycles. The van der Waals surface area contributed by atoms with Crippen LogP contribution in [0, 0.1) is 0 Å². The molecule has 0 atom stereocenters. The van der Waals surface area contributed by atoms with Crippen LogP contribution in [0.3, 0.4) is 0 Å². The van der Waals surface area contributed by atoms with Crippen LogP contribution in [0.4, 0.5) is 5.69 Å². The van der Waals surface area contributed by atoms with Gasteiger partial charge in [0.15, 0.2) is 0 Å². The van der Waals surface area contributed by atoms with Crippen LogP contribution in [-0.4, -0.2) is 18.2 Å². The average Bonchev–Trinajstić information content (AvgIpc) is 2.41. The maximum Gasteiger partial charge on any atom is 0.335 e. The second-order valence-corrected chi connectivity index (χ2v) is 3.84. The fraction of sp³-hybridized carbons (Fsp3) is 0.0714. The van der Waals surface area contributed by atoms with Gasteiger partial charge in [-0.1, -0.05) is 0 Å².